The molecule has 0 spiro atoms. The van der Waals surface area contributed by atoms with Gasteiger partial charge in [0.2, 0.25) is 6.36 Å². The Labute approximate surface area is 193 Å². The second-order valence-electron chi connectivity index (χ2n) is 8.04. The van der Waals surface area contributed by atoms with Gasteiger partial charge >= 0.3 is 0 Å². The third-order valence-electron chi connectivity index (χ3n) is 5.57. The molecule has 1 N–H and O–H groups in total. The number of hydrogen-bond acceptors (Lipinski definition) is 5. The lowest BCUT2D eigenvalue weighted by atomic mass is 9.99. The fraction of sp³-hybridized carbons (Fsp3) is 0.333. The summed E-state index contributed by atoms with van der Waals surface area (Å²) in [4.78, 5) is 0. The van der Waals surface area contributed by atoms with Gasteiger partial charge in [0.05, 0.1) is 26.4 Å². The summed E-state index contributed by atoms with van der Waals surface area (Å²) < 4.78 is 38.0. The molecule has 1 heterocycles. The standard InChI is InChI=1S/C27H29FO5/c28-27-26(32-18-22-14-8-3-9-15-22)24(29)25(31-17-21-12-6-2-7-13-21)23(33-27)19-30-16-20-10-4-1-5-11-20/h1-15,23-27,29H,16-19H2/t23?,24-,25-,26?,27?/m0/s1. The third kappa shape index (κ3) is 6.69. The van der Waals surface area contributed by atoms with Crippen LogP contribution in [-0.2, 0) is 38.8 Å². The molecule has 174 valence electrons. The van der Waals surface area contributed by atoms with Gasteiger partial charge in [-0.15, -0.1) is 0 Å². The van der Waals surface area contributed by atoms with Crippen LogP contribution in [0.4, 0.5) is 4.39 Å². The first-order chi connectivity index (χ1) is 16.2. The van der Waals surface area contributed by atoms with Crippen molar-refractivity contribution in [2.24, 2.45) is 0 Å². The van der Waals surface area contributed by atoms with Gasteiger partial charge in [-0.25, -0.2) is 4.39 Å². The van der Waals surface area contributed by atoms with E-state index in [1.165, 1.54) is 0 Å². The second-order valence-corrected chi connectivity index (χ2v) is 8.04. The Hall–Kier alpha value is -2.61. The zero-order valence-corrected chi connectivity index (χ0v) is 18.3. The summed E-state index contributed by atoms with van der Waals surface area (Å²) in [5.74, 6) is 0. The highest BCUT2D eigenvalue weighted by Crippen LogP contribution is 2.28. The Morgan fingerprint density at radius 1 is 0.667 bits per heavy atom. The Kier molecular flexibility index (Phi) is 8.58. The zero-order chi connectivity index (χ0) is 22.9. The van der Waals surface area contributed by atoms with Crippen molar-refractivity contribution < 1.29 is 28.4 Å². The summed E-state index contributed by atoms with van der Waals surface area (Å²) in [5, 5.41) is 11.0. The molecule has 33 heavy (non-hydrogen) atoms. The third-order valence-corrected chi connectivity index (χ3v) is 5.57. The number of rotatable bonds is 10. The van der Waals surface area contributed by atoms with E-state index >= 15 is 0 Å². The quantitative estimate of drug-likeness (QED) is 0.493. The summed E-state index contributed by atoms with van der Waals surface area (Å²) in [7, 11) is 0. The van der Waals surface area contributed by atoms with Crippen LogP contribution >= 0.6 is 0 Å². The lowest BCUT2D eigenvalue weighted by Crippen LogP contribution is -2.59. The highest BCUT2D eigenvalue weighted by molar-refractivity contribution is 5.15. The van der Waals surface area contributed by atoms with Gasteiger partial charge in [0.25, 0.3) is 0 Å². The number of ether oxygens (including phenoxy) is 4. The van der Waals surface area contributed by atoms with Crippen LogP contribution in [0.3, 0.4) is 0 Å². The van der Waals surface area contributed by atoms with Crippen molar-refractivity contribution >= 4 is 0 Å². The first-order valence-corrected chi connectivity index (χ1v) is 11.1. The largest absolute Gasteiger partial charge is 0.387 e. The van der Waals surface area contributed by atoms with Crippen molar-refractivity contribution in [2.75, 3.05) is 6.61 Å². The summed E-state index contributed by atoms with van der Waals surface area (Å²) in [5.41, 5.74) is 2.82. The van der Waals surface area contributed by atoms with Crippen LogP contribution in [0.15, 0.2) is 91.0 Å². The van der Waals surface area contributed by atoms with E-state index in [2.05, 4.69) is 0 Å². The molecule has 0 amide bonds. The second kappa shape index (κ2) is 12.0. The van der Waals surface area contributed by atoms with Crippen LogP contribution in [0.25, 0.3) is 0 Å². The number of halogens is 1. The summed E-state index contributed by atoms with van der Waals surface area (Å²) >= 11 is 0. The van der Waals surface area contributed by atoms with Crippen molar-refractivity contribution in [3.05, 3.63) is 108 Å². The summed E-state index contributed by atoms with van der Waals surface area (Å²) in [6.07, 6.45) is -5.78. The highest BCUT2D eigenvalue weighted by Gasteiger charge is 2.47. The van der Waals surface area contributed by atoms with Gasteiger partial charge in [0.1, 0.15) is 24.4 Å². The normalized spacial score (nSPS) is 25.1. The highest BCUT2D eigenvalue weighted by atomic mass is 19.1. The first-order valence-electron chi connectivity index (χ1n) is 11.1. The summed E-state index contributed by atoms with van der Waals surface area (Å²) in [6, 6.07) is 28.7. The molecule has 5 atom stereocenters. The Morgan fingerprint density at radius 2 is 1.12 bits per heavy atom. The SMILES string of the molecule is O[C@@H]1C(OCc2ccccc2)C(F)OC(COCc2ccccc2)[C@@H]1OCc1ccccc1. The lowest BCUT2D eigenvalue weighted by Gasteiger charge is -2.41. The molecule has 3 aromatic rings. The van der Waals surface area contributed by atoms with E-state index < -0.39 is 30.8 Å². The van der Waals surface area contributed by atoms with Crippen LogP contribution in [-0.4, -0.2) is 42.5 Å². The molecule has 4 rings (SSSR count). The fourth-order valence-electron chi connectivity index (χ4n) is 3.80. The molecular formula is C27H29FO5. The van der Waals surface area contributed by atoms with E-state index in [0.717, 1.165) is 16.7 Å². The Balaban J connectivity index is 1.41. The molecule has 0 bridgehead atoms. The van der Waals surface area contributed by atoms with Crippen LogP contribution < -0.4 is 0 Å². The summed E-state index contributed by atoms with van der Waals surface area (Å²) in [6.45, 7) is 0.848. The maximum atomic E-state index is 14.9. The molecule has 0 radical (unpaired) electrons. The number of hydrogen-bond donors (Lipinski definition) is 1. The molecule has 3 unspecified atom stereocenters. The van der Waals surface area contributed by atoms with Crippen LogP contribution in [0.1, 0.15) is 16.7 Å². The van der Waals surface area contributed by atoms with E-state index in [-0.39, 0.29) is 19.8 Å². The first kappa shape index (κ1) is 23.5. The number of alkyl halides is 1. The number of aliphatic hydroxyl groups is 1. The topological polar surface area (TPSA) is 57.2 Å². The van der Waals surface area contributed by atoms with Crippen molar-refractivity contribution in [3.63, 3.8) is 0 Å². The molecule has 3 aromatic carbocycles. The van der Waals surface area contributed by atoms with E-state index in [1.807, 2.05) is 91.0 Å². The predicted molar refractivity (Wildman–Crippen MR) is 122 cm³/mol. The maximum absolute atomic E-state index is 14.9. The molecule has 1 aliphatic rings. The number of benzene rings is 3. The van der Waals surface area contributed by atoms with E-state index in [9.17, 15) is 9.50 Å². The molecule has 1 aliphatic heterocycles. The van der Waals surface area contributed by atoms with Crippen LogP contribution in [0.5, 0.6) is 0 Å². The van der Waals surface area contributed by atoms with E-state index in [0.29, 0.717) is 6.61 Å². The van der Waals surface area contributed by atoms with Gasteiger partial charge in [0.15, 0.2) is 0 Å². The molecule has 0 aromatic heterocycles. The molecular weight excluding hydrogens is 423 g/mol. The lowest BCUT2D eigenvalue weighted by molar-refractivity contribution is -0.288. The van der Waals surface area contributed by atoms with Crippen LogP contribution in [0, 0.1) is 0 Å². The molecule has 0 aliphatic carbocycles. The molecule has 0 saturated carbocycles. The van der Waals surface area contributed by atoms with Crippen molar-refractivity contribution in [1.29, 1.82) is 0 Å². The maximum Gasteiger partial charge on any atom is 0.228 e. The van der Waals surface area contributed by atoms with Crippen LogP contribution in [0.2, 0.25) is 0 Å². The monoisotopic (exact) mass is 452 g/mol. The predicted octanol–water partition coefficient (Wildman–Crippen LogP) is 4.43. The van der Waals surface area contributed by atoms with Gasteiger partial charge in [-0.05, 0) is 16.7 Å². The molecule has 1 fully saturated rings. The van der Waals surface area contributed by atoms with Crippen molar-refractivity contribution in [3.8, 4) is 0 Å². The minimum absolute atomic E-state index is 0.0806. The van der Waals surface area contributed by atoms with Crippen molar-refractivity contribution in [1.82, 2.24) is 0 Å². The van der Waals surface area contributed by atoms with E-state index in [4.69, 9.17) is 18.9 Å². The molecule has 6 heteroatoms. The number of aliphatic hydroxyl groups excluding tert-OH is 1. The van der Waals surface area contributed by atoms with Gasteiger partial charge in [-0.1, -0.05) is 91.0 Å². The van der Waals surface area contributed by atoms with Gasteiger partial charge in [-0.2, -0.15) is 0 Å². The average Bonchev–Trinajstić information content (AvgIpc) is 2.85. The van der Waals surface area contributed by atoms with Gasteiger partial charge in [0, 0.05) is 0 Å². The minimum atomic E-state index is -1.80. The molecule has 1 saturated heterocycles. The van der Waals surface area contributed by atoms with E-state index in [1.54, 1.807) is 0 Å². The Morgan fingerprint density at radius 3 is 1.64 bits per heavy atom. The van der Waals surface area contributed by atoms with Gasteiger partial charge in [-0.3, -0.25) is 0 Å². The molecule has 5 nitrogen and oxygen atoms in total. The van der Waals surface area contributed by atoms with Crippen molar-refractivity contribution in [2.45, 2.75) is 50.6 Å². The fourth-order valence-corrected chi connectivity index (χ4v) is 3.80. The minimum Gasteiger partial charge on any atom is -0.387 e. The average molecular weight is 453 g/mol. The van der Waals surface area contributed by atoms with Gasteiger partial charge < -0.3 is 24.1 Å². The smallest absolute Gasteiger partial charge is 0.228 e. The zero-order valence-electron chi connectivity index (χ0n) is 18.3. The Bertz CT molecular complexity index is 939.